The average molecular weight is 343 g/mol. The van der Waals surface area contributed by atoms with Crippen molar-refractivity contribution < 1.29 is 14.1 Å². The normalized spacial score (nSPS) is 23.3. The molecule has 2 fully saturated rings. The number of hydrogen-bond acceptors (Lipinski definition) is 5. The van der Waals surface area contributed by atoms with Crippen molar-refractivity contribution in [2.75, 3.05) is 13.2 Å². The maximum absolute atomic E-state index is 12.9. The molecule has 1 saturated heterocycles. The van der Waals surface area contributed by atoms with Gasteiger partial charge >= 0.3 is 5.76 Å². The van der Waals surface area contributed by atoms with E-state index in [9.17, 15) is 9.59 Å². The highest BCUT2D eigenvalue weighted by atomic mass is 16.5. The van der Waals surface area contributed by atoms with E-state index in [1.807, 2.05) is 35.2 Å². The van der Waals surface area contributed by atoms with Crippen LogP contribution in [-0.2, 0) is 16.1 Å². The summed E-state index contributed by atoms with van der Waals surface area (Å²) in [7, 11) is 0. The van der Waals surface area contributed by atoms with Gasteiger partial charge in [0.2, 0.25) is 5.91 Å². The van der Waals surface area contributed by atoms with Crippen LogP contribution in [0.2, 0.25) is 0 Å². The number of amides is 1. The Bertz CT molecular complexity index is 796. The molecule has 132 valence electrons. The Morgan fingerprint density at radius 2 is 2.00 bits per heavy atom. The summed E-state index contributed by atoms with van der Waals surface area (Å²) >= 11 is 0. The summed E-state index contributed by atoms with van der Waals surface area (Å²) < 4.78 is 11.9. The summed E-state index contributed by atoms with van der Waals surface area (Å²) in [5.74, 6) is -0.309. The molecular weight excluding hydrogens is 322 g/mol. The third-order valence-electron chi connectivity index (χ3n) is 5.06. The molecule has 1 aliphatic heterocycles. The molecule has 2 aliphatic rings. The average Bonchev–Trinajstić information content (AvgIpc) is 3.02. The van der Waals surface area contributed by atoms with Crippen molar-refractivity contribution >= 4 is 5.91 Å². The molecule has 0 spiro atoms. The molecule has 0 N–H and O–H groups in total. The van der Waals surface area contributed by atoms with Crippen LogP contribution in [0.3, 0.4) is 0 Å². The van der Waals surface area contributed by atoms with Gasteiger partial charge in [-0.1, -0.05) is 48.3 Å². The van der Waals surface area contributed by atoms with Crippen LogP contribution in [0.15, 0.2) is 39.6 Å². The molecule has 0 unspecified atom stereocenters. The molecule has 1 aromatic carbocycles. The maximum Gasteiger partial charge on any atom is 0.442 e. The Balaban J connectivity index is 1.57. The molecule has 7 heteroatoms. The highest BCUT2D eigenvalue weighted by Crippen LogP contribution is 2.28. The summed E-state index contributed by atoms with van der Waals surface area (Å²) in [5, 5.41) is 3.85. The van der Waals surface area contributed by atoms with Crippen LogP contribution in [0.4, 0.5) is 0 Å². The van der Waals surface area contributed by atoms with Crippen LogP contribution in [0.5, 0.6) is 0 Å². The van der Waals surface area contributed by atoms with E-state index >= 15 is 0 Å². The first kappa shape index (κ1) is 16.1. The second-order valence-electron chi connectivity index (χ2n) is 6.57. The van der Waals surface area contributed by atoms with Gasteiger partial charge in [-0.15, -0.1) is 0 Å². The van der Waals surface area contributed by atoms with Gasteiger partial charge in [0.05, 0.1) is 18.8 Å². The Kier molecular flexibility index (Phi) is 4.40. The van der Waals surface area contributed by atoms with E-state index < -0.39 is 5.76 Å². The zero-order valence-electron chi connectivity index (χ0n) is 14.0. The standard InChI is InChI=1S/C18H21N3O4/c22-16(20-10-11-24-15-9-5-4-8-14(15)20)12-21-17(19-25-18(21)23)13-6-2-1-3-7-13/h1-3,6-7,14-15H,4-5,8-12H2/t14-,15+/m0/s1. The molecule has 2 aromatic rings. The lowest BCUT2D eigenvalue weighted by Gasteiger charge is -2.43. The minimum atomic E-state index is -0.611. The number of aromatic nitrogens is 2. The van der Waals surface area contributed by atoms with Crippen molar-refractivity contribution in [1.82, 2.24) is 14.6 Å². The van der Waals surface area contributed by atoms with Gasteiger partial charge in [0.15, 0.2) is 5.82 Å². The summed E-state index contributed by atoms with van der Waals surface area (Å²) in [6.45, 7) is 1.06. The third kappa shape index (κ3) is 3.11. The summed E-state index contributed by atoms with van der Waals surface area (Å²) in [4.78, 5) is 26.8. The van der Waals surface area contributed by atoms with Crippen LogP contribution < -0.4 is 5.76 Å². The molecule has 2 atom stereocenters. The molecule has 2 heterocycles. The highest BCUT2D eigenvalue weighted by molar-refractivity contribution is 5.77. The second-order valence-corrected chi connectivity index (χ2v) is 6.57. The van der Waals surface area contributed by atoms with Gasteiger partial charge in [-0.3, -0.25) is 9.32 Å². The predicted octanol–water partition coefficient (Wildman–Crippen LogP) is 1.67. The van der Waals surface area contributed by atoms with Crippen molar-refractivity contribution in [3.8, 4) is 11.4 Å². The van der Waals surface area contributed by atoms with Crippen molar-refractivity contribution in [2.24, 2.45) is 0 Å². The van der Waals surface area contributed by atoms with E-state index in [2.05, 4.69) is 5.16 Å². The van der Waals surface area contributed by atoms with E-state index in [0.29, 0.717) is 19.0 Å². The number of fused-ring (bicyclic) bond motifs is 1. The molecule has 0 radical (unpaired) electrons. The molecule has 1 amide bonds. The number of ether oxygens (including phenoxy) is 1. The molecule has 1 saturated carbocycles. The van der Waals surface area contributed by atoms with E-state index in [1.54, 1.807) is 0 Å². The Morgan fingerprint density at radius 1 is 1.20 bits per heavy atom. The maximum atomic E-state index is 12.9. The zero-order chi connectivity index (χ0) is 17.2. The highest BCUT2D eigenvalue weighted by Gasteiger charge is 2.37. The molecule has 7 nitrogen and oxygen atoms in total. The Morgan fingerprint density at radius 3 is 2.84 bits per heavy atom. The monoisotopic (exact) mass is 343 g/mol. The fraction of sp³-hybridized carbons (Fsp3) is 0.500. The quantitative estimate of drug-likeness (QED) is 0.847. The van der Waals surface area contributed by atoms with Crippen molar-refractivity contribution in [2.45, 2.75) is 44.4 Å². The summed E-state index contributed by atoms with van der Waals surface area (Å²) in [6.07, 6.45) is 4.33. The minimum absolute atomic E-state index is 0.0597. The smallest absolute Gasteiger partial charge is 0.374 e. The Hall–Kier alpha value is -2.41. The third-order valence-corrected chi connectivity index (χ3v) is 5.06. The van der Waals surface area contributed by atoms with Crippen molar-refractivity contribution in [1.29, 1.82) is 0 Å². The number of carbonyl (C=O) groups is 1. The van der Waals surface area contributed by atoms with Gasteiger partial charge in [-0.05, 0) is 12.8 Å². The fourth-order valence-corrected chi connectivity index (χ4v) is 3.83. The van der Waals surface area contributed by atoms with Gasteiger partial charge in [0.25, 0.3) is 0 Å². The van der Waals surface area contributed by atoms with E-state index in [1.165, 1.54) is 4.57 Å². The van der Waals surface area contributed by atoms with Gasteiger partial charge in [0, 0.05) is 12.1 Å². The summed E-state index contributed by atoms with van der Waals surface area (Å²) in [6, 6.07) is 9.39. The van der Waals surface area contributed by atoms with Crippen LogP contribution in [0.25, 0.3) is 11.4 Å². The summed E-state index contributed by atoms with van der Waals surface area (Å²) in [5.41, 5.74) is 0.749. The largest absolute Gasteiger partial charge is 0.442 e. The van der Waals surface area contributed by atoms with E-state index in [-0.39, 0.29) is 24.6 Å². The van der Waals surface area contributed by atoms with Crippen LogP contribution in [0.1, 0.15) is 25.7 Å². The first-order chi connectivity index (χ1) is 12.2. The number of benzene rings is 1. The predicted molar refractivity (Wildman–Crippen MR) is 89.9 cm³/mol. The van der Waals surface area contributed by atoms with E-state index in [0.717, 1.165) is 31.2 Å². The van der Waals surface area contributed by atoms with Crippen molar-refractivity contribution in [3.05, 3.63) is 40.9 Å². The number of morpholine rings is 1. The molecule has 25 heavy (non-hydrogen) atoms. The molecule has 1 aromatic heterocycles. The number of hydrogen-bond donors (Lipinski definition) is 0. The second kappa shape index (κ2) is 6.84. The van der Waals surface area contributed by atoms with Gasteiger partial charge < -0.3 is 9.64 Å². The van der Waals surface area contributed by atoms with Crippen LogP contribution in [0, 0.1) is 0 Å². The number of nitrogens with zero attached hydrogens (tertiary/aromatic N) is 3. The molecule has 0 bridgehead atoms. The molecule has 4 rings (SSSR count). The van der Waals surface area contributed by atoms with Crippen molar-refractivity contribution in [3.63, 3.8) is 0 Å². The van der Waals surface area contributed by atoms with Gasteiger partial charge in [-0.2, -0.15) is 0 Å². The van der Waals surface area contributed by atoms with Crippen LogP contribution >= 0.6 is 0 Å². The van der Waals surface area contributed by atoms with Gasteiger partial charge in [0.1, 0.15) is 6.54 Å². The lowest BCUT2D eigenvalue weighted by molar-refractivity contribution is -0.150. The van der Waals surface area contributed by atoms with Gasteiger partial charge in [-0.25, -0.2) is 9.36 Å². The fourth-order valence-electron chi connectivity index (χ4n) is 3.83. The lowest BCUT2D eigenvalue weighted by Crippen LogP contribution is -2.55. The first-order valence-corrected chi connectivity index (χ1v) is 8.77. The SMILES string of the molecule is O=C(Cn1c(-c2ccccc2)noc1=O)N1CCO[C@@H]2CCCC[C@@H]21. The zero-order valence-corrected chi connectivity index (χ0v) is 14.0. The molecule has 1 aliphatic carbocycles. The lowest BCUT2D eigenvalue weighted by atomic mass is 9.90. The molecular formula is C18H21N3O4. The number of rotatable bonds is 3. The first-order valence-electron chi connectivity index (χ1n) is 8.77. The van der Waals surface area contributed by atoms with Crippen LogP contribution in [-0.4, -0.2) is 45.8 Å². The van der Waals surface area contributed by atoms with E-state index in [4.69, 9.17) is 9.26 Å². The Labute approximate surface area is 145 Å². The minimum Gasteiger partial charge on any atom is -0.374 e. The topological polar surface area (TPSA) is 77.6 Å². The number of carbonyl (C=O) groups excluding carboxylic acids is 1.